The highest BCUT2D eigenvalue weighted by Gasteiger charge is 2.36. The van der Waals surface area contributed by atoms with E-state index in [-0.39, 0.29) is 18.1 Å². The number of carbonyl (C=O) groups excluding carboxylic acids is 1. The molecule has 88 valence electrons. The number of hydrogen-bond acceptors (Lipinski definition) is 4. The van der Waals surface area contributed by atoms with Crippen molar-refractivity contribution in [2.24, 2.45) is 5.73 Å². The van der Waals surface area contributed by atoms with Crippen LogP contribution in [0, 0.1) is 6.92 Å². The molecule has 1 aliphatic heterocycles. The Morgan fingerprint density at radius 1 is 1.56 bits per heavy atom. The van der Waals surface area contributed by atoms with Gasteiger partial charge in [0.25, 0.3) is 0 Å². The van der Waals surface area contributed by atoms with Gasteiger partial charge in [0.2, 0.25) is 0 Å². The number of hydrogen-bond donors (Lipinski definition) is 1. The average Bonchev–Trinajstić information content (AvgIpc) is 2.83. The summed E-state index contributed by atoms with van der Waals surface area (Å²) in [4.78, 5) is 13.0. The maximum absolute atomic E-state index is 11.4. The van der Waals surface area contributed by atoms with Crippen LogP contribution in [-0.4, -0.2) is 37.2 Å². The molecule has 5 nitrogen and oxygen atoms in total. The third-order valence-corrected chi connectivity index (χ3v) is 2.92. The summed E-state index contributed by atoms with van der Waals surface area (Å²) < 4.78 is 10.2. The van der Waals surface area contributed by atoms with E-state index in [4.69, 9.17) is 10.2 Å². The molecule has 2 atom stereocenters. The third-order valence-electron chi connectivity index (χ3n) is 2.92. The number of ether oxygens (including phenoxy) is 1. The topological polar surface area (TPSA) is 68.7 Å². The van der Waals surface area contributed by atoms with E-state index < -0.39 is 0 Å². The van der Waals surface area contributed by atoms with E-state index in [9.17, 15) is 4.79 Å². The molecule has 0 spiro atoms. The standard InChI is InChI=1S/C11H16N2O3/c1-7-3-4-10(16-7)8-5-13(6-9(8)12)11(14)15-2/h3-4,8-9H,5-6,12H2,1-2H3. The van der Waals surface area contributed by atoms with Crippen LogP contribution in [-0.2, 0) is 4.74 Å². The zero-order valence-electron chi connectivity index (χ0n) is 9.47. The van der Waals surface area contributed by atoms with Gasteiger partial charge in [-0.05, 0) is 19.1 Å². The average molecular weight is 224 g/mol. The first-order valence-electron chi connectivity index (χ1n) is 5.26. The van der Waals surface area contributed by atoms with Gasteiger partial charge in [-0.2, -0.15) is 0 Å². The van der Waals surface area contributed by atoms with Crippen LogP contribution in [0.2, 0.25) is 0 Å². The van der Waals surface area contributed by atoms with Gasteiger partial charge in [0.15, 0.2) is 0 Å². The highest BCUT2D eigenvalue weighted by molar-refractivity contribution is 5.68. The van der Waals surface area contributed by atoms with Gasteiger partial charge in [-0.3, -0.25) is 0 Å². The minimum absolute atomic E-state index is 0.0628. The number of carbonyl (C=O) groups is 1. The van der Waals surface area contributed by atoms with Crippen molar-refractivity contribution in [3.8, 4) is 0 Å². The number of aryl methyl sites for hydroxylation is 1. The summed E-state index contributed by atoms with van der Waals surface area (Å²) in [5.41, 5.74) is 5.99. The molecule has 0 bridgehead atoms. The normalized spacial score (nSPS) is 24.8. The first kappa shape index (κ1) is 11.0. The van der Waals surface area contributed by atoms with Crippen molar-refractivity contribution < 1.29 is 13.9 Å². The maximum atomic E-state index is 11.4. The maximum Gasteiger partial charge on any atom is 0.409 e. The summed E-state index contributed by atoms with van der Waals surface area (Å²) in [5.74, 6) is 1.77. The molecule has 2 rings (SSSR count). The van der Waals surface area contributed by atoms with Gasteiger partial charge >= 0.3 is 6.09 Å². The molecule has 1 aromatic heterocycles. The van der Waals surface area contributed by atoms with E-state index in [1.54, 1.807) is 4.90 Å². The van der Waals surface area contributed by atoms with Crippen LogP contribution in [0.15, 0.2) is 16.5 Å². The lowest BCUT2D eigenvalue weighted by Crippen LogP contribution is -2.31. The number of furan rings is 1. The quantitative estimate of drug-likeness (QED) is 0.775. The Hall–Kier alpha value is -1.49. The monoisotopic (exact) mass is 224 g/mol. The lowest BCUT2D eigenvalue weighted by Gasteiger charge is -2.13. The molecule has 1 saturated heterocycles. The molecule has 0 aliphatic carbocycles. The van der Waals surface area contributed by atoms with E-state index >= 15 is 0 Å². The van der Waals surface area contributed by atoms with Crippen LogP contribution in [0.1, 0.15) is 17.4 Å². The van der Waals surface area contributed by atoms with Gasteiger partial charge in [0, 0.05) is 19.1 Å². The summed E-state index contributed by atoms with van der Waals surface area (Å²) in [5, 5.41) is 0. The molecule has 1 aromatic rings. The van der Waals surface area contributed by atoms with Crippen LogP contribution < -0.4 is 5.73 Å². The van der Waals surface area contributed by atoms with E-state index in [0.29, 0.717) is 13.1 Å². The third kappa shape index (κ3) is 1.90. The fraction of sp³-hybridized carbons (Fsp3) is 0.545. The van der Waals surface area contributed by atoms with Gasteiger partial charge < -0.3 is 19.8 Å². The Kier molecular flexibility index (Phi) is 2.87. The predicted molar refractivity (Wildman–Crippen MR) is 58.1 cm³/mol. The Labute approximate surface area is 94.1 Å². The molecule has 0 saturated carbocycles. The van der Waals surface area contributed by atoms with Crippen molar-refractivity contribution in [3.63, 3.8) is 0 Å². The van der Waals surface area contributed by atoms with Gasteiger partial charge in [-0.15, -0.1) is 0 Å². The molecule has 1 amide bonds. The van der Waals surface area contributed by atoms with Crippen molar-refractivity contribution in [1.82, 2.24) is 4.90 Å². The van der Waals surface area contributed by atoms with Crippen LogP contribution in [0.25, 0.3) is 0 Å². The first-order chi connectivity index (χ1) is 7.61. The van der Waals surface area contributed by atoms with Gasteiger partial charge in [-0.1, -0.05) is 0 Å². The second-order valence-electron chi connectivity index (χ2n) is 4.09. The zero-order valence-corrected chi connectivity index (χ0v) is 9.47. The lowest BCUT2D eigenvalue weighted by atomic mass is 10.0. The summed E-state index contributed by atoms with van der Waals surface area (Å²) in [6.45, 7) is 2.96. The summed E-state index contributed by atoms with van der Waals surface area (Å²) in [6.07, 6.45) is -0.332. The van der Waals surface area contributed by atoms with Gasteiger partial charge in [-0.25, -0.2) is 4.79 Å². The number of likely N-dealkylation sites (tertiary alicyclic amines) is 1. The SMILES string of the molecule is COC(=O)N1CC(N)C(c2ccc(C)o2)C1. The summed E-state index contributed by atoms with van der Waals surface area (Å²) >= 11 is 0. The van der Waals surface area contributed by atoms with Gasteiger partial charge in [0.05, 0.1) is 13.0 Å². The number of rotatable bonds is 1. The molecule has 2 N–H and O–H groups in total. The van der Waals surface area contributed by atoms with E-state index in [0.717, 1.165) is 11.5 Å². The Morgan fingerprint density at radius 3 is 2.88 bits per heavy atom. The van der Waals surface area contributed by atoms with Crippen molar-refractivity contribution in [1.29, 1.82) is 0 Å². The minimum Gasteiger partial charge on any atom is -0.466 e. The number of nitrogens with two attached hydrogens (primary N) is 1. The number of methoxy groups -OCH3 is 1. The molecular formula is C11H16N2O3. The first-order valence-corrected chi connectivity index (χ1v) is 5.26. The highest BCUT2D eigenvalue weighted by atomic mass is 16.5. The fourth-order valence-electron chi connectivity index (χ4n) is 2.06. The van der Waals surface area contributed by atoms with Gasteiger partial charge in [0.1, 0.15) is 11.5 Å². The van der Waals surface area contributed by atoms with Crippen molar-refractivity contribution in [3.05, 3.63) is 23.7 Å². The van der Waals surface area contributed by atoms with Crippen molar-refractivity contribution >= 4 is 6.09 Å². The molecule has 2 unspecified atom stereocenters. The van der Waals surface area contributed by atoms with Crippen LogP contribution in [0.4, 0.5) is 4.79 Å². The Balaban J connectivity index is 2.10. The van der Waals surface area contributed by atoms with Crippen molar-refractivity contribution in [2.45, 2.75) is 18.9 Å². The largest absolute Gasteiger partial charge is 0.466 e. The highest BCUT2D eigenvalue weighted by Crippen LogP contribution is 2.28. The molecule has 0 radical (unpaired) electrons. The number of nitrogens with zero attached hydrogens (tertiary/aromatic N) is 1. The Morgan fingerprint density at radius 2 is 2.31 bits per heavy atom. The molecule has 0 aromatic carbocycles. The molecule has 16 heavy (non-hydrogen) atoms. The number of amides is 1. The minimum atomic E-state index is -0.332. The summed E-state index contributed by atoms with van der Waals surface area (Å²) in [7, 11) is 1.37. The van der Waals surface area contributed by atoms with E-state index in [2.05, 4.69) is 4.74 Å². The van der Waals surface area contributed by atoms with Crippen LogP contribution in [0.5, 0.6) is 0 Å². The Bertz CT molecular complexity index is 388. The van der Waals surface area contributed by atoms with E-state index in [1.807, 2.05) is 19.1 Å². The smallest absolute Gasteiger partial charge is 0.409 e. The second kappa shape index (κ2) is 4.17. The molecular weight excluding hydrogens is 208 g/mol. The molecule has 5 heteroatoms. The molecule has 2 heterocycles. The van der Waals surface area contributed by atoms with Crippen LogP contribution >= 0.6 is 0 Å². The lowest BCUT2D eigenvalue weighted by molar-refractivity contribution is 0.132. The zero-order chi connectivity index (χ0) is 11.7. The second-order valence-corrected chi connectivity index (χ2v) is 4.09. The predicted octanol–water partition coefficient (Wildman–Crippen LogP) is 1.08. The molecule has 1 fully saturated rings. The molecule has 1 aliphatic rings. The fourth-order valence-corrected chi connectivity index (χ4v) is 2.06. The summed E-state index contributed by atoms with van der Waals surface area (Å²) in [6, 6.07) is 3.73. The van der Waals surface area contributed by atoms with Crippen LogP contribution in [0.3, 0.4) is 0 Å². The van der Waals surface area contributed by atoms with E-state index in [1.165, 1.54) is 7.11 Å². The van der Waals surface area contributed by atoms with Crippen molar-refractivity contribution in [2.75, 3.05) is 20.2 Å².